The zero-order valence-corrected chi connectivity index (χ0v) is 16.4. The number of esters is 1. The van der Waals surface area contributed by atoms with Gasteiger partial charge in [-0.3, -0.25) is 4.79 Å². The molecule has 0 bridgehead atoms. The van der Waals surface area contributed by atoms with Crippen molar-refractivity contribution in [1.82, 2.24) is 0 Å². The fraction of sp³-hybridized carbons (Fsp3) is 0.364. The smallest absolute Gasteiger partial charge is 0.338 e. The van der Waals surface area contributed by atoms with Crippen LogP contribution in [0, 0.1) is 0 Å². The molecular weight excluding hydrogens is 358 g/mol. The SMILES string of the molecule is CCCCCCOc1ccc(C(=O)OCC(=O)Nc2ccc(OC)cc2)cc1. The first-order chi connectivity index (χ1) is 13.6. The second-order valence-electron chi connectivity index (χ2n) is 6.29. The molecule has 0 atom stereocenters. The maximum Gasteiger partial charge on any atom is 0.338 e. The zero-order valence-electron chi connectivity index (χ0n) is 16.4. The minimum absolute atomic E-state index is 0.361. The Hall–Kier alpha value is -3.02. The fourth-order valence-electron chi connectivity index (χ4n) is 2.49. The summed E-state index contributed by atoms with van der Waals surface area (Å²) in [6, 6.07) is 13.6. The number of hydrogen-bond acceptors (Lipinski definition) is 5. The molecule has 0 fully saturated rings. The molecule has 6 nitrogen and oxygen atoms in total. The van der Waals surface area contributed by atoms with Gasteiger partial charge in [0, 0.05) is 5.69 Å². The van der Waals surface area contributed by atoms with Crippen LogP contribution in [-0.2, 0) is 9.53 Å². The average Bonchev–Trinajstić information content (AvgIpc) is 2.73. The molecule has 0 unspecified atom stereocenters. The van der Waals surface area contributed by atoms with E-state index in [9.17, 15) is 9.59 Å². The Bertz CT molecular complexity index is 741. The monoisotopic (exact) mass is 385 g/mol. The van der Waals surface area contributed by atoms with Crippen LogP contribution in [0.2, 0.25) is 0 Å². The van der Waals surface area contributed by atoms with E-state index in [0.717, 1.165) is 12.8 Å². The first kappa shape index (κ1) is 21.3. The number of hydrogen-bond donors (Lipinski definition) is 1. The highest BCUT2D eigenvalue weighted by Crippen LogP contribution is 2.16. The molecule has 0 heterocycles. The lowest BCUT2D eigenvalue weighted by molar-refractivity contribution is -0.119. The van der Waals surface area contributed by atoms with Crippen LogP contribution in [0.3, 0.4) is 0 Å². The van der Waals surface area contributed by atoms with Gasteiger partial charge in [-0.2, -0.15) is 0 Å². The maximum atomic E-state index is 12.1. The van der Waals surface area contributed by atoms with Gasteiger partial charge >= 0.3 is 5.97 Å². The van der Waals surface area contributed by atoms with E-state index in [1.807, 2.05) is 0 Å². The molecule has 2 rings (SSSR count). The summed E-state index contributed by atoms with van der Waals surface area (Å²) in [5, 5.41) is 2.66. The lowest BCUT2D eigenvalue weighted by Gasteiger charge is -2.08. The molecule has 1 amide bonds. The van der Waals surface area contributed by atoms with E-state index in [1.54, 1.807) is 55.6 Å². The fourth-order valence-corrected chi connectivity index (χ4v) is 2.49. The van der Waals surface area contributed by atoms with Crippen LogP contribution >= 0.6 is 0 Å². The van der Waals surface area contributed by atoms with Crippen molar-refractivity contribution in [2.75, 3.05) is 25.6 Å². The van der Waals surface area contributed by atoms with Gasteiger partial charge in [0.15, 0.2) is 6.61 Å². The van der Waals surface area contributed by atoms with Gasteiger partial charge in [0.25, 0.3) is 5.91 Å². The van der Waals surface area contributed by atoms with Crippen LogP contribution in [0.4, 0.5) is 5.69 Å². The van der Waals surface area contributed by atoms with Gasteiger partial charge in [0.1, 0.15) is 11.5 Å². The van der Waals surface area contributed by atoms with Crippen molar-refractivity contribution in [2.45, 2.75) is 32.6 Å². The standard InChI is InChI=1S/C22H27NO5/c1-3-4-5-6-15-27-20-11-7-17(8-12-20)22(25)28-16-21(24)23-18-9-13-19(26-2)14-10-18/h7-14H,3-6,15-16H2,1-2H3,(H,23,24). The summed E-state index contributed by atoms with van der Waals surface area (Å²) in [6.45, 7) is 2.47. The molecule has 28 heavy (non-hydrogen) atoms. The molecule has 0 radical (unpaired) electrons. The lowest BCUT2D eigenvalue weighted by atomic mass is 10.2. The minimum atomic E-state index is -0.556. The molecule has 0 spiro atoms. The van der Waals surface area contributed by atoms with Crippen molar-refractivity contribution in [2.24, 2.45) is 0 Å². The number of ether oxygens (including phenoxy) is 3. The molecule has 0 aliphatic heterocycles. The molecule has 6 heteroatoms. The Morgan fingerprint density at radius 2 is 1.57 bits per heavy atom. The van der Waals surface area contributed by atoms with Crippen LogP contribution in [0.25, 0.3) is 0 Å². The van der Waals surface area contributed by atoms with Gasteiger partial charge in [-0.05, 0) is 55.0 Å². The average molecular weight is 385 g/mol. The number of anilines is 1. The van der Waals surface area contributed by atoms with E-state index in [4.69, 9.17) is 14.2 Å². The quantitative estimate of drug-likeness (QED) is 0.457. The number of rotatable bonds is 11. The largest absolute Gasteiger partial charge is 0.497 e. The predicted molar refractivity (Wildman–Crippen MR) is 108 cm³/mol. The van der Waals surface area contributed by atoms with Crippen molar-refractivity contribution < 1.29 is 23.8 Å². The third kappa shape index (κ3) is 7.31. The molecule has 0 saturated heterocycles. The molecular formula is C22H27NO5. The number of nitrogens with one attached hydrogen (secondary N) is 1. The van der Waals surface area contributed by atoms with Crippen molar-refractivity contribution in [3.8, 4) is 11.5 Å². The molecule has 0 aliphatic rings. The van der Waals surface area contributed by atoms with E-state index >= 15 is 0 Å². The first-order valence-corrected chi connectivity index (χ1v) is 9.46. The Morgan fingerprint density at radius 1 is 0.893 bits per heavy atom. The number of amides is 1. The zero-order chi connectivity index (χ0) is 20.2. The second kappa shape index (κ2) is 11.6. The van der Waals surface area contributed by atoms with Gasteiger partial charge in [-0.1, -0.05) is 26.2 Å². The minimum Gasteiger partial charge on any atom is -0.497 e. The topological polar surface area (TPSA) is 73.9 Å². The van der Waals surface area contributed by atoms with Crippen molar-refractivity contribution in [3.05, 3.63) is 54.1 Å². The van der Waals surface area contributed by atoms with E-state index in [-0.39, 0.29) is 6.61 Å². The van der Waals surface area contributed by atoms with Gasteiger partial charge in [-0.15, -0.1) is 0 Å². The Morgan fingerprint density at radius 3 is 2.21 bits per heavy atom. The van der Waals surface area contributed by atoms with Crippen molar-refractivity contribution in [3.63, 3.8) is 0 Å². The highest BCUT2D eigenvalue weighted by Gasteiger charge is 2.11. The summed E-state index contributed by atoms with van der Waals surface area (Å²) in [7, 11) is 1.57. The van der Waals surface area contributed by atoms with Crippen molar-refractivity contribution in [1.29, 1.82) is 0 Å². The number of unbranched alkanes of at least 4 members (excludes halogenated alkanes) is 3. The van der Waals surface area contributed by atoms with Crippen LogP contribution in [-0.4, -0.2) is 32.2 Å². The predicted octanol–water partition coefficient (Wildman–Crippen LogP) is 4.45. The molecule has 2 aromatic rings. The second-order valence-corrected chi connectivity index (χ2v) is 6.29. The summed E-state index contributed by atoms with van der Waals surface area (Å²) in [4.78, 5) is 24.0. The van der Waals surface area contributed by atoms with E-state index in [1.165, 1.54) is 12.8 Å². The van der Waals surface area contributed by atoms with Crippen LogP contribution in [0.15, 0.2) is 48.5 Å². The lowest BCUT2D eigenvalue weighted by Crippen LogP contribution is -2.20. The summed E-state index contributed by atoms with van der Waals surface area (Å²) in [5.74, 6) is 0.438. The summed E-state index contributed by atoms with van der Waals surface area (Å²) < 4.78 is 15.8. The molecule has 1 N–H and O–H groups in total. The molecule has 0 aliphatic carbocycles. The first-order valence-electron chi connectivity index (χ1n) is 9.46. The van der Waals surface area contributed by atoms with E-state index < -0.39 is 11.9 Å². The van der Waals surface area contributed by atoms with E-state index in [2.05, 4.69) is 12.2 Å². The Balaban J connectivity index is 1.73. The third-order valence-electron chi connectivity index (χ3n) is 4.06. The van der Waals surface area contributed by atoms with Crippen LogP contribution in [0.5, 0.6) is 11.5 Å². The highest BCUT2D eigenvalue weighted by molar-refractivity contribution is 5.95. The summed E-state index contributed by atoms with van der Waals surface area (Å²) >= 11 is 0. The molecule has 150 valence electrons. The van der Waals surface area contributed by atoms with Crippen molar-refractivity contribution >= 4 is 17.6 Å². The Kier molecular flexibility index (Phi) is 8.85. The number of carbonyl (C=O) groups is 2. The molecule has 0 aromatic heterocycles. The highest BCUT2D eigenvalue weighted by atomic mass is 16.5. The maximum absolute atomic E-state index is 12.1. The van der Waals surface area contributed by atoms with Gasteiger partial charge in [-0.25, -0.2) is 4.79 Å². The van der Waals surface area contributed by atoms with Gasteiger partial charge in [0.05, 0.1) is 19.3 Å². The molecule has 2 aromatic carbocycles. The summed E-state index contributed by atoms with van der Waals surface area (Å²) in [5.41, 5.74) is 0.970. The van der Waals surface area contributed by atoms with Gasteiger partial charge < -0.3 is 19.5 Å². The van der Waals surface area contributed by atoms with Gasteiger partial charge in [0.2, 0.25) is 0 Å². The van der Waals surface area contributed by atoms with Crippen LogP contribution < -0.4 is 14.8 Å². The summed E-state index contributed by atoms with van der Waals surface area (Å²) in [6.07, 6.45) is 4.57. The normalized spacial score (nSPS) is 10.2. The van der Waals surface area contributed by atoms with Crippen LogP contribution in [0.1, 0.15) is 43.0 Å². The number of methoxy groups -OCH3 is 1. The number of benzene rings is 2. The third-order valence-corrected chi connectivity index (χ3v) is 4.06. The molecule has 0 saturated carbocycles. The van der Waals surface area contributed by atoms with E-state index in [0.29, 0.717) is 29.4 Å². The Labute approximate surface area is 165 Å². The number of carbonyl (C=O) groups excluding carboxylic acids is 2.